The lowest BCUT2D eigenvalue weighted by atomic mass is 10.2. The van der Waals surface area contributed by atoms with Gasteiger partial charge < -0.3 is 16.4 Å². The third kappa shape index (κ3) is 6.33. The zero-order valence-corrected chi connectivity index (χ0v) is 17.4. The largest absolute Gasteiger partial charge is 0.368 e. The van der Waals surface area contributed by atoms with Gasteiger partial charge in [0.05, 0.1) is 16.5 Å². The Labute approximate surface area is 178 Å². The summed E-state index contributed by atoms with van der Waals surface area (Å²) in [6, 6.07) is 15.0. The molecule has 0 spiro atoms. The van der Waals surface area contributed by atoms with Crippen molar-refractivity contribution in [2.24, 2.45) is 0 Å². The third-order valence-corrected chi connectivity index (χ3v) is 5.23. The summed E-state index contributed by atoms with van der Waals surface area (Å²) in [6.07, 6.45) is 0.352. The zero-order valence-electron chi connectivity index (χ0n) is 15.9. The van der Waals surface area contributed by atoms with E-state index in [9.17, 15) is 4.79 Å². The van der Waals surface area contributed by atoms with Crippen molar-refractivity contribution in [2.75, 3.05) is 22.1 Å². The van der Waals surface area contributed by atoms with Crippen LogP contribution in [0.5, 0.6) is 0 Å². The van der Waals surface area contributed by atoms with Gasteiger partial charge in [0.2, 0.25) is 17.8 Å². The molecule has 29 heavy (non-hydrogen) atoms. The third-order valence-electron chi connectivity index (χ3n) is 3.94. The van der Waals surface area contributed by atoms with Gasteiger partial charge in [0, 0.05) is 17.9 Å². The maximum Gasteiger partial charge on any atom is 0.232 e. The molecule has 1 amide bonds. The fourth-order valence-electron chi connectivity index (χ4n) is 2.50. The van der Waals surface area contributed by atoms with E-state index in [0.29, 0.717) is 40.4 Å². The lowest BCUT2D eigenvalue weighted by Crippen LogP contribution is -2.12. The summed E-state index contributed by atoms with van der Waals surface area (Å²) in [4.78, 5) is 24.8. The van der Waals surface area contributed by atoms with E-state index in [0.717, 1.165) is 11.3 Å². The number of anilines is 4. The number of carbonyl (C=O) groups is 1. The molecule has 0 aliphatic rings. The summed E-state index contributed by atoms with van der Waals surface area (Å²) >= 11 is 7.59. The van der Waals surface area contributed by atoms with Crippen molar-refractivity contribution in [3.8, 4) is 0 Å². The predicted molar refractivity (Wildman–Crippen MR) is 120 cm³/mol. The molecule has 3 aromatic rings. The molecule has 4 N–H and O–H groups in total. The fraction of sp³-hybridized carbons (Fsp3) is 0.200. The van der Waals surface area contributed by atoms with Crippen LogP contribution < -0.4 is 16.4 Å². The van der Waals surface area contributed by atoms with Crippen molar-refractivity contribution in [2.45, 2.75) is 19.1 Å². The van der Waals surface area contributed by atoms with Crippen LogP contribution in [-0.2, 0) is 10.5 Å². The molecule has 0 aliphatic carbocycles. The quantitative estimate of drug-likeness (QED) is 0.456. The lowest BCUT2D eigenvalue weighted by Gasteiger charge is -2.09. The smallest absolute Gasteiger partial charge is 0.232 e. The summed E-state index contributed by atoms with van der Waals surface area (Å²) in [5.74, 6) is 2.16. The molecule has 0 unspecified atom stereocenters. The van der Waals surface area contributed by atoms with Gasteiger partial charge in [-0.15, -0.1) is 0 Å². The second-order valence-electron chi connectivity index (χ2n) is 6.20. The van der Waals surface area contributed by atoms with E-state index < -0.39 is 0 Å². The number of thioether (sulfide) groups is 1. The second-order valence-corrected chi connectivity index (χ2v) is 7.72. The van der Waals surface area contributed by atoms with Gasteiger partial charge in [-0.3, -0.25) is 4.79 Å². The number of halogens is 1. The molecule has 0 atom stereocenters. The molecular weight excluding hydrogens is 408 g/mol. The number of hydrogen-bond acceptors (Lipinski definition) is 7. The number of carbonyl (C=O) groups excluding carboxylic acids is 1. The Morgan fingerprint density at radius 2 is 1.79 bits per heavy atom. The first-order chi connectivity index (χ1) is 14.0. The average molecular weight is 429 g/mol. The lowest BCUT2D eigenvalue weighted by molar-refractivity contribution is -0.115. The van der Waals surface area contributed by atoms with Crippen molar-refractivity contribution in [3.05, 3.63) is 64.9 Å². The van der Waals surface area contributed by atoms with Gasteiger partial charge in [-0.1, -0.05) is 41.9 Å². The fourth-order valence-corrected chi connectivity index (χ4v) is 3.46. The predicted octanol–water partition coefficient (Wildman–Crippen LogP) is 4.42. The molecule has 9 heteroatoms. The van der Waals surface area contributed by atoms with Gasteiger partial charge in [0.15, 0.2) is 0 Å². The minimum Gasteiger partial charge on any atom is -0.368 e. The Kier molecular flexibility index (Phi) is 7.26. The number of rotatable bonds is 8. The summed E-state index contributed by atoms with van der Waals surface area (Å²) in [5.41, 5.74) is 8.41. The molecule has 1 aromatic heterocycles. The second kappa shape index (κ2) is 10.1. The van der Waals surface area contributed by atoms with Gasteiger partial charge in [-0.2, -0.15) is 26.7 Å². The number of benzene rings is 2. The topological polar surface area (TPSA) is 106 Å². The average Bonchev–Trinajstić information content (AvgIpc) is 2.68. The number of aromatic nitrogens is 3. The van der Waals surface area contributed by atoms with Crippen molar-refractivity contribution in [3.63, 3.8) is 0 Å². The van der Waals surface area contributed by atoms with Crippen LogP contribution in [0.3, 0.4) is 0 Å². The standard InChI is InChI=1S/C20H21ClN6OS/c1-13-6-2-4-8-15(13)24-20-26-17(25-19(22)27-20)12-29-11-10-18(28)23-16-9-5-3-7-14(16)21/h2-9H,10-12H2,1H3,(H,23,28)(H3,22,24,25,26,27). The van der Waals surface area contributed by atoms with Gasteiger partial charge >= 0.3 is 0 Å². The van der Waals surface area contributed by atoms with Crippen molar-refractivity contribution in [1.82, 2.24) is 15.0 Å². The monoisotopic (exact) mass is 428 g/mol. The maximum absolute atomic E-state index is 12.1. The minimum absolute atomic E-state index is 0.0948. The molecule has 0 aliphatic heterocycles. The number of amides is 1. The maximum atomic E-state index is 12.1. The Bertz CT molecular complexity index is 1000. The highest BCUT2D eigenvalue weighted by atomic mass is 35.5. The van der Waals surface area contributed by atoms with Gasteiger partial charge in [0.1, 0.15) is 5.82 Å². The van der Waals surface area contributed by atoms with Crippen LogP contribution in [0.25, 0.3) is 0 Å². The van der Waals surface area contributed by atoms with E-state index in [2.05, 4.69) is 25.6 Å². The number of nitrogens with zero attached hydrogens (tertiary/aromatic N) is 3. The van der Waals surface area contributed by atoms with Crippen LogP contribution in [0.4, 0.5) is 23.3 Å². The van der Waals surface area contributed by atoms with E-state index in [4.69, 9.17) is 17.3 Å². The minimum atomic E-state index is -0.0948. The van der Waals surface area contributed by atoms with Gasteiger partial charge in [-0.25, -0.2) is 0 Å². The Balaban J connectivity index is 1.50. The van der Waals surface area contributed by atoms with Crippen LogP contribution in [0, 0.1) is 6.92 Å². The molecule has 3 rings (SSSR count). The number of nitrogen functional groups attached to an aromatic ring is 1. The van der Waals surface area contributed by atoms with Crippen LogP contribution >= 0.6 is 23.4 Å². The molecule has 150 valence electrons. The summed E-state index contributed by atoms with van der Waals surface area (Å²) in [7, 11) is 0. The highest BCUT2D eigenvalue weighted by Gasteiger charge is 2.08. The molecule has 0 saturated heterocycles. The van der Waals surface area contributed by atoms with Gasteiger partial charge in [-0.05, 0) is 30.7 Å². The molecule has 1 heterocycles. The van der Waals surface area contributed by atoms with Crippen LogP contribution in [0.15, 0.2) is 48.5 Å². The van der Waals surface area contributed by atoms with Crippen LogP contribution in [0.1, 0.15) is 17.8 Å². The van der Waals surface area contributed by atoms with Crippen LogP contribution in [-0.4, -0.2) is 26.6 Å². The van der Waals surface area contributed by atoms with Crippen molar-refractivity contribution >= 4 is 52.5 Å². The molecule has 0 radical (unpaired) electrons. The molecule has 0 saturated carbocycles. The SMILES string of the molecule is Cc1ccccc1Nc1nc(N)nc(CSCCC(=O)Nc2ccccc2Cl)n1. The number of nitrogens with two attached hydrogens (primary N) is 1. The van der Waals surface area contributed by atoms with Crippen molar-refractivity contribution < 1.29 is 4.79 Å². The van der Waals surface area contributed by atoms with Crippen LogP contribution in [0.2, 0.25) is 5.02 Å². The Morgan fingerprint density at radius 1 is 1.07 bits per heavy atom. The first kappa shape index (κ1) is 20.9. The van der Waals surface area contributed by atoms with E-state index >= 15 is 0 Å². The van der Waals surface area contributed by atoms with E-state index in [1.165, 1.54) is 0 Å². The van der Waals surface area contributed by atoms with E-state index in [1.54, 1.807) is 23.9 Å². The summed E-state index contributed by atoms with van der Waals surface area (Å²) in [5, 5.41) is 6.49. The van der Waals surface area contributed by atoms with E-state index in [-0.39, 0.29) is 11.9 Å². The van der Waals surface area contributed by atoms with E-state index in [1.807, 2.05) is 43.3 Å². The normalized spacial score (nSPS) is 10.6. The zero-order chi connectivity index (χ0) is 20.6. The molecule has 7 nitrogen and oxygen atoms in total. The molecule has 0 bridgehead atoms. The number of para-hydroxylation sites is 2. The number of hydrogen-bond donors (Lipinski definition) is 3. The Hall–Kier alpha value is -2.84. The number of nitrogens with one attached hydrogen (secondary N) is 2. The Morgan fingerprint density at radius 3 is 2.55 bits per heavy atom. The highest BCUT2D eigenvalue weighted by molar-refractivity contribution is 7.98. The van der Waals surface area contributed by atoms with Gasteiger partial charge in [0.25, 0.3) is 0 Å². The van der Waals surface area contributed by atoms with Crippen molar-refractivity contribution in [1.29, 1.82) is 0 Å². The molecule has 0 fully saturated rings. The first-order valence-corrected chi connectivity index (χ1v) is 10.5. The first-order valence-electron chi connectivity index (χ1n) is 8.96. The number of aryl methyl sites for hydroxylation is 1. The summed E-state index contributed by atoms with van der Waals surface area (Å²) < 4.78 is 0. The highest BCUT2D eigenvalue weighted by Crippen LogP contribution is 2.21. The molecular formula is C20H21ClN6OS. The molecule has 2 aromatic carbocycles. The summed E-state index contributed by atoms with van der Waals surface area (Å²) in [6.45, 7) is 2.00.